The maximum absolute atomic E-state index is 12.8. The Kier molecular flexibility index (Phi) is 9.48. The lowest BCUT2D eigenvalue weighted by molar-refractivity contribution is -0.150. The molecule has 10 nitrogen and oxygen atoms in total. The molecule has 3 aromatic rings. The van der Waals surface area contributed by atoms with Gasteiger partial charge in [-0.2, -0.15) is 0 Å². The van der Waals surface area contributed by atoms with Gasteiger partial charge < -0.3 is 30.5 Å². The van der Waals surface area contributed by atoms with Gasteiger partial charge in [0, 0.05) is 12.8 Å². The zero-order valence-corrected chi connectivity index (χ0v) is 22.0. The molecule has 0 saturated heterocycles. The van der Waals surface area contributed by atoms with E-state index in [1.165, 1.54) is 6.92 Å². The van der Waals surface area contributed by atoms with Crippen molar-refractivity contribution in [1.82, 2.24) is 16.0 Å². The van der Waals surface area contributed by atoms with Crippen LogP contribution in [0.1, 0.15) is 29.5 Å². The number of rotatable bonds is 11. The number of carbonyl (C=O) groups excluding carboxylic acids is 4. The van der Waals surface area contributed by atoms with Gasteiger partial charge in [-0.15, -0.1) is 0 Å². The van der Waals surface area contributed by atoms with Gasteiger partial charge in [0.2, 0.25) is 11.8 Å². The van der Waals surface area contributed by atoms with E-state index in [9.17, 15) is 24.3 Å². The number of ether oxygens (including phenoxy) is 2. The van der Waals surface area contributed by atoms with Crippen molar-refractivity contribution < 1.29 is 33.8 Å². The van der Waals surface area contributed by atoms with E-state index in [1.807, 2.05) is 54.6 Å². The van der Waals surface area contributed by atoms with Crippen LogP contribution in [0.2, 0.25) is 0 Å². The molecule has 1 aliphatic carbocycles. The molecule has 4 rings (SSSR count). The van der Waals surface area contributed by atoms with Crippen LogP contribution < -0.4 is 16.0 Å². The summed E-state index contributed by atoms with van der Waals surface area (Å²) in [6.45, 7) is 0.234. The molecule has 40 heavy (non-hydrogen) atoms. The number of fused-ring (bicyclic) bond motifs is 3. The molecule has 0 unspecified atom stereocenters. The van der Waals surface area contributed by atoms with Crippen molar-refractivity contribution >= 4 is 23.9 Å². The summed E-state index contributed by atoms with van der Waals surface area (Å²) in [4.78, 5) is 49.5. The summed E-state index contributed by atoms with van der Waals surface area (Å²) in [5.74, 6) is -2.29. The van der Waals surface area contributed by atoms with E-state index in [2.05, 4.69) is 16.0 Å². The molecule has 10 heteroatoms. The quantitative estimate of drug-likeness (QED) is 0.271. The third-order valence-electron chi connectivity index (χ3n) is 6.50. The summed E-state index contributed by atoms with van der Waals surface area (Å²) < 4.78 is 10.7. The molecule has 3 amide bonds. The van der Waals surface area contributed by atoms with Crippen LogP contribution in [0, 0.1) is 0 Å². The minimum Gasteiger partial charge on any atom is -0.459 e. The van der Waals surface area contributed by atoms with Crippen LogP contribution in [0.15, 0.2) is 78.9 Å². The first-order chi connectivity index (χ1) is 19.4. The Labute approximate surface area is 231 Å². The fourth-order valence-electron chi connectivity index (χ4n) is 4.57. The Hall–Kier alpha value is -4.70. The lowest BCUT2D eigenvalue weighted by atomic mass is 9.98. The fourth-order valence-corrected chi connectivity index (χ4v) is 4.57. The first-order valence-corrected chi connectivity index (χ1v) is 12.8. The Morgan fingerprint density at radius 1 is 0.800 bits per heavy atom. The van der Waals surface area contributed by atoms with Crippen molar-refractivity contribution in [2.24, 2.45) is 0 Å². The third-order valence-corrected chi connectivity index (χ3v) is 6.50. The predicted octanol–water partition coefficient (Wildman–Crippen LogP) is 2.25. The molecule has 4 N–H and O–H groups in total. The van der Waals surface area contributed by atoms with Gasteiger partial charge >= 0.3 is 12.1 Å². The van der Waals surface area contributed by atoms with Gasteiger partial charge in [0.05, 0.1) is 13.2 Å². The maximum Gasteiger partial charge on any atom is 0.407 e. The number of benzene rings is 3. The zero-order valence-electron chi connectivity index (χ0n) is 22.0. The van der Waals surface area contributed by atoms with E-state index in [-0.39, 0.29) is 25.7 Å². The van der Waals surface area contributed by atoms with Crippen molar-refractivity contribution in [3.05, 3.63) is 95.6 Å². The van der Waals surface area contributed by atoms with E-state index in [0.29, 0.717) is 0 Å². The number of alkyl carbamates (subject to hydrolysis) is 1. The molecular weight excluding hydrogens is 514 g/mol. The highest BCUT2D eigenvalue weighted by molar-refractivity contribution is 5.91. The molecule has 0 bridgehead atoms. The molecule has 0 heterocycles. The fraction of sp³-hybridized carbons (Fsp3) is 0.267. The molecule has 1 aliphatic rings. The van der Waals surface area contributed by atoms with Crippen LogP contribution in [-0.2, 0) is 30.5 Å². The topological polar surface area (TPSA) is 143 Å². The average molecular weight is 546 g/mol. The molecule has 0 radical (unpaired) electrons. The number of hydrogen-bond acceptors (Lipinski definition) is 7. The molecule has 0 aromatic heterocycles. The van der Waals surface area contributed by atoms with Gasteiger partial charge in [0.1, 0.15) is 19.3 Å². The smallest absolute Gasteiger partial charge is 0.407 e. The van der Waals surface area contributed by atoms with Crippen molar-refractivity contribution in [3.63, 3.8) is 0 Å². The monoisotopic (exact) mass is 545 g/mol. The predicted molar refractivity (Wildman–Crippen MR) is 146 cm³/mol. The van der Waals surface area contributed by atoms with Crippen LogP contribution in [0.25, 0.3) is 11.1 Å². The van der Waals surface area contributed by atoms with Gasteiger partial charge in [-0.25, -0.2) is 9.59 Å². The summed E-state index contributed by atoms with van der Waals surface area (Å²) in [6.07, 6.45) is -0.772. The van der Waals surface area contributed by atoms with E-state index in [1.54, 1.807) is 24.3 Å². The first kappa shape index (κ1) is 28.3. The molecule has 0 spiro atoms. The van der Waals surface area contributed by atoms with E-state index >= 15 is 0 Å². The summed E-state index contributed by atoms with van der Waals surface area (Å²) in [6, 6.07) is 22.2. The molecular formula is C30H31N3O7. The van der Waals surface area contributed by atoms with Crippen molar-refractivity contribution in [1.29, 1.82) is 0 Å². The van der Waals surface area contributed by atoms with Crippen LogP contribution in [0.4, 0.5) is 4.79 Å². The van der Waals surface area contributed by atoms with Gasteiger partial charge in [-0.3, -0.25) is 9.59 Å². The van der Waals surface area contributed by atoms with Crippen LogP contribution in [-0.4, -0.2) is 60.8 Å². The summed E-state index contributed by atoms with van der Waals surface area (Å²) in [5, 5.41) is 16.9. The highest BCUT2D eigenvalue weighted by atomic mass is 16.5. The second kappa shape index (κ2) is 13.4. The Morgan fingerprint density at radius 3 is 2.00 bits per heavy atom. The minimum atomic E-state index is -1.36. The molecule has 208 valence electrons. The van der Waals surface area contributed by atoms with Gasteiger partial charge in [0.15, 0.2) is 6.04 Å². The van der Waals surface area contributed by atoms with E-state index in [0.717, 1.165) is 27.8 Å². The Morgan fingerprint density at radius 2 is 1.40 bits per heavy atom. The summed E-state index contributed by atoms with van der Waals surface area (Å²) >= 11 is 0. The largest absolute Gasteiger partial charge is 0.459 e. The van der Waals surface area contributed by atoms with Crippen LogP contribution in [0.3, 0.4) is 0 Å². The number of aliphatic hydroxyl groups excluding tert-OH is 1. The Balaban J connectivity index is 1.31. The number of amides is 3. The maximum atomic E-state index is 12.8. The van der Waals surface area contributed by atoms with E-state index < -0.39 is 42.6 Å². The highest BCUT2D eigenvalue weighted by Crippen LogP contribution is 2.44. The number of hydrogen-bond donors (Lipinski definition) is 4. The summed E-state index contributed by atoms with van der Waals surface area (Å²) in [5.41, 5.74) is 5.04. The molecule has 2 atom stereocenters. The van der Waals surface area contributed by atoms with Crippen LogP contribution >= 0.6 is 0 Å². The Bertz CT molecular complexity index is 1320. The minimum absolute atomic E-state index is 0.0372. The lowest BCUT2D eigenvalue weighted by Gasteiger charge is -2.22. The zero-order chi connectivity index (χ0) is 28.5. The standard InChI is InChI=1S/C30H31N3O7/c1-19(35)32-26(28(36)33-27(16-34)29(37)39-17-20-9-3-2-4-10-20)15-31-30(38)40-18-25-23-13-7-5-11-21(23)22-12-6-8-14-24(22)25/h2-14,25-27,34H,15-18H2,1H3,(H,31,38)(H,32,35)(H,33,36)/t26-,27-/m0/s1. The lowest BCUT2D eigenvalue weighted by Crippen LogP contribution is -2.56. The summed E-state index contributed by atoms with van der Waals surface area (Å²) in [7, 11) is 0. The SMILES string of the molecule is CC(=O)N[C@@H](CNC(=O)OCC1c2ccccc2-c2ccccc21)C(=O)N[C@@H](CO)C(=O)OCc1ccccc1. The van der Waals surface area contributed by atoms with Gasteiger partial charge in [-0.1, -0.05) is 78.9 Å². The van der Waals surface area contributed by atoms with Gasteiger partial charge in [0.25, 0.3) is 0 Å². The van der Waals surface area contributed by atoms with Gasteiger partial charge in [-0.05, 0) is 27.8 Å². The number of esters is 1. The average Bonchev–Trinajstić information content (AvgIpc) is 3.29. The molecule has 0 fully saturated rings. The van der Waals surface area contributed by atoms with Crippen molar-refractivity contribution in [2.45, 2.75) is 31.5 Å². The first-order valence-electron chi connectivity index (χ1n) is 12.8. The normalized spacial score (nSPS) is 13.2. The third kappa shape index (κ3) is 7.03. The molecule has 3 aromatic carbocycles. The van der Waals surface area contributed by atoms with Crippen molar-refractivity contribution in [2.75, 3.05) is 19.8 Å². The number of aliphatic hydroxyl groups is 1. The highest BCUT2D eigenvalue weighted by Gasteiger charge is 2.30. The molecule has 0 aliphatic heterocycles. The number of nitrogens with one attached hydrogen (secondary N) is 3. The van der Waals surface area contributed by atoms with Crippen molar-refractivity contribution in [3.8, 4) is 11.1 Å². The molecule has 0 saturated carbocycles. The number of carbonyl (C=O) groups is 4. The van der Waals surface area contributed by atoms with E-state index in [4.69, 9.17) is 9.47 Å². The second-order valence-corrected chi connectivity index (χ2v) is 9.30. The second-order valence-electron chi connectivity index (χ2n) is 9.30. The van der Waals surface area contributed by atoms with Crippen LogP contribution in [0.5, 0.6) is 0 Å².